The molecule has 76 valence electrons. The molecule has 0 aliphatic heterocycles. The van der Waals surface area contributed by atoms with Crippen LogP contribution in [0.25, 0.3) is 0 Å². The molecule has 1 rings (SSSR count). The number of ether oxygens (including phenoxy) is 1. The zero-order valence-electron chi connectivity index (χ0n) is 7.13. The number of nitrogens with zero attached hydrogens (tertiary/aromatic N) is 1. The molecule has 0 saturated carbocycles. The van der Waals surface area contributed by atoms with Gasteiger partial charge in [-0.05, 0) is 22.6 Å². The molecular weight excluding hydrogens is 307 g/mol. The minimum Gasteiger partial charge on any atom is -0.481 e. The number of carbonyl (C=O) groups excluding carboxylic acids is 1. The van der Waals surface area contributed by atoms with Crippen molar-refractivity contribution in [2.75, 3.05) is 7.11 Å². The first-order valence-corrected chi connectivity index (χ1v) is 4.65. The smallest absolute Gasteiger partial charge is 0.267 e. The summed E-state index contributed by atoms with van der Waals surface area (Å²) >= 11 is 1.64. The van der Waals surface area contributed by atoms with Crippen LogP contribution >= 0.6 is 22.6 Å². The predicted octanol–water partition coefficient (Wildman–Crippen LogP) is 2.44. The Morgan fingerprint density at radius 1 is 1.64 bits per heavy atom. The Balaban J connectivity index is 3.34. The van der Waals surface area contributed by atoms with Crippen molar-refractivity contribution in [1.29, 1.82) is 0 Å². The van der Waals surface area contributed by atoms with Gasteiger partial charge in [-0.15, -0.1) is 0 Å². The second-order valence-electron chi connectivity index (χ2n) is 2.38. The number of alkyl halides is 2. The first-order chi connectivity index (χ1) is 6.60. The molecule has 0 aliphatic rings. The van der Waals surface area contributed by atoms with Crippen molar-refractivity contribution in [2.24, 2.45) is 0 Å². The number of aldehydes is 1. The molecule has 0 aliphatic carbocycles. The molecule has 0 atom stereocenters. The van der Waals surface area contributed by atoms with Crippen molar-refractivity contribution in [3.05, 3.63) is 20.9 Å². The lowest BCUT2D eigenvalue weighted by Gasteiger charge is -2.07. The molecule has 0 aromatic carbocycles. The van der Waals surface area contributed by atoms with Crippen molar-refractivity contribution in [1.82, 2.24) is 4.98 Å². The Bertz CT molecular complexity index is 357. The van der Waals surface area contributed by atoms with Gasteiger partial charge in [0.25, 0.3) is 6.43 Å². The molecule has 0 radical (unpaired) electrons. The normalized spacial score (nSPS) is 10.4. The van der Waals surface area contributed by atoms with Crippen LogP contribution in [0.2, 0.25) is 0 Å². The van der Waals surface area contributed by atoms with E-state index in [9.17, 15) is 13.6 Å². The molecule has 0 spiro atoms. The maximum atomic E-state index is 12.5. The van der Waals surface area contributed by atoms with Gasteiger partial charge in [-0.1, -0.05) is 0 Å². The van der Waals surface area contributed by atoms with Crippen LogP contribution in [0.1, 0.15) is 22.3 Å². The van der Waals surface area contributed by atoms with E-state index in [1.807, 2.05) is 0 Å². The Morgan fingerprint density at radius 2 is 2.29 bits per heavy atom. The van der Waals surface area contributed by atoms with Crippen molar-refractivity contribution in [3.63, 3.8) is 0 Å². The van der Waals surface area contributed by atoms with E-state index in [-0.39, 0.29) is 20.7 Å². The third kappa shape index (κ3) is 2.17. The molecule has 1 aromatic rings. The molecular formula is C8H6F2INO2. The Kier molecular flexibility index (Phi) is 3.73. The summed E-state index contributed by atoms with van der Waals surface area (Å²) in [5.74, 6) is 0.154. The summed E-state index contributed by atoms with van der Waals surface area (Å²) in [7, 11) is 1.36. The van der Waals surface area contributed by atoms with Crippen LogP contribution in [-0.2, 0) is 0 Å². The molecule has 14 heavy (non-hydrogen) atoms. The van der Waals surface area contributed by atoms with Gasteiger partial charge in [0, 0.05) is 11.6 Å². The van der Waals surface area contributed by atoms with E-state index in [1.165, 1.54) is 13.2 Å². The highest BCUT2D eigenvalue weighted by molar-refractivity contribution is 14.1. The van der Waals surface area contributed by atoms with Gasteiger partial charge in [-0.25, -0.2) is 13.8 Å². The molecule has 1 aromatic heterocycles. The highest BCUT2D eigenvalue weighted by Gasteiger charge is 2.19. The first kappa shape index (κ1) is 11.3. The van der Waals surface area contributed by atoms with Crippen LogP contribution in [0.4, 0.5) is 8.78 Å². The van der Waals surface area contributed by atoms with E-state index in [0.717, 1.165) is 0 Å². The maximum Gasteiger partial charge on any atom is 0.267 e. The van der Waals surface area contributed by atoms with Crippen molar-refractivity contribution in [2.45, 2.75) is 6.43 Å². The van der Waals surface area contributed by atoms with Gasteiger partial charge in [0.2, 0.25) is 5.88 Å². The third-order valence-corrected chi connectivity index (χ3v) is 2.40. The Morgan fingerprint density at radius 3 is 2.71 bits per heavy atom. The Hall–Kier alpha value is -0.790. The van der Waals surface area contributed by atoms with E-state index in [2.05, 4.69) is 4.98 Å². The van der Waals surface area contributed by atoms with Gasteiger partial charge in [-0.2, -0.15) is 0 Å². The lowest BCUT2D eigenvalue weighted by Crippen LogP contribution is -2.02. The number of hydrogen-bond acceptors (Lipinski definition) is 3. The highest BCUT2D eigenvalue weighted by atomic mass is 127. The molecule has 0 fully saturated rings. The van der Waals surface area contributed by atoms with E-state index in [0.29, 0.717) is 6.29 Å². The number of methoxy groups -OCH3 is 1. The summed E-state index contributed by atoms with van der Waals surface area (Å²) in [6.45, 7) is 0. The Labute approximate surface area is 92.6 Å². The van der Waals surface area contributed by atoms with Gasteiger partial charge in [0.1, 0.15) is 3.70 Å². The summed E-state index contributed by atoms with van der Waals surface area (Å²) in [5, 5.41) is 0. The standard InChI is InChI=1S/C8H6F2INO2/c1-14-5-2-4(3-13)6(7(9)10)8(11)12-5/h2-3,7H,1H3. The van der Waals surface area contributed by atoms with Crippen LogP contribution in [0.15, 0.2) is 6.07 Å². The van der Waals surface area contributed by atoms with E-state index in [4.69, 9.17) is 4.74 Å². The van der Waals surface area contributed by atoms with E-state index >= 15 is 0 Å². The lowest BCUT2D eigenvalue weighted by molar-refractivity contribution is 0.110. The molecule has 0 unspecified atom stereocenters. The number of rotatable bonds is 3. The van der Waals surface area contributed by atoms with Crippen molar-refractivity contribution < 1.29 is 18.3 Å². The summed E-state index contributed by atoms with van der Waals surface area (Å²) in [5.41, 5.74) is -0.433. The summed E-state index contributed by atoms with van der Waals surface area (Å²) in [4.78, 5) is 14.3. The number of halogens is 3. The van der Waals surface area contributed by atoms with Gasteiger partial charge in [0.15, 0.2) is 6.29 Å². The van der Waals surface area contributed by atoms with Crippen LogP contribution in [0, 0.1) is 3.70 Å². The maximum absolute atomic E-state index is 12.5. The first-order valence-electron chi connectivity index (χ1n) is 3.58. The average molecular weight is 313 g/mol. The second kappa shape index (κ2) is 4.63. The van der Waals surface area contributed by atoms with Crippen LogP contribution in [0.5, 0.6) is 5.88 Å². The molecule has 6 heteroatoms. The topological polar surface area (TPSA) is 39.2 Å². The average Bonchev–Trinajstić information content (AvgIpc) is 2.15. The summed E-state index contributed by atoms with van der Waals surface area (Å²) < 4.78 is 29.8. The summed E-state index contributed by atoms with van der Waals surface area (Å²) in [6, 6.07) is 1.19. The van der Waals surface area contributed by atoms with E-state index < -0.39 is 6.43 Å². The van der Waals surface area contributed by atoms with Gasteiger partial charge in [-0.3, -0.25) is 4.79 Å². The quantitative estimate of drug-likeness (QED) is 0.489. The SMILES string of the molecule is COc1cc(C=O)c(C(F)F)c(I)n1. The third-order valence-electron chi connectivity index (χ3n) is 1.57. The predicted molar refractivity (Wildman–Crippen MR) is 53.9 cm³/mol. The number of aromatic nitrogens is 1. The molecule has 1 heterocycles. The monoisotopic (exact) mass is 313 g/mol. The number of carbonyl (C=O) groups is 1. The van der Waals surface area contributed by atoms with Gasteiger partial charge in [0.05, 0.1) is 12.7 Å². The van der Waals surface area contributed by atoms with Crippen molar-refractivity contribution >= 4 is 28.9 Å². The zero-order chi connectivity index (χ0) is 10.7. The minimum absolute atomic E-state index is 0.0825. The highest BCUT2D eigenvalue weighted by Crippen LogP contribution is 2.28. The van der Waals surface area contributed by atoms with Crippen LogP contribution in [0.3, 0.4) is 0 Å². The molecule has 0 bridgehead atoms. The van der Waals surface area contributed by atoms with Gasteiger partial charge >= 0.3 is 0 Å². The summed E-state index contributed by atoms with van der Waals surface area (Å²) in [6.07, 6.45) is -2.34. The fraction of sp³-hybridized carbons (Fsp3) is 0.250. The fourth-order valence-electron chi connectivity index (χ4n) is 0.937. The lowest BCUT2D eigenvalue weighted by atomic mass is 10.1. The van der Waals surface area contributed by atoms with Crippen LogP contribution in [-0.4, -0.2) is 18.4 Å². The second-order valence-corrected chi connectivity index (χ2v) is 3.40. The van der Waals surface area contributed by atoms with Crippen LogP contribution < -0.4 is 4.74 Å². The fourth-order valence-corrected chi connectivity index (χ4v) is 1.72. The zero-order valence-corrected chi connectivity index (χ0v) is 9.29. The molecule has 0 N–H and O–H groups in total. The minimum atomic E-state index is -2.71. The number of pyridine rings is 1. The largest absolute Gasteiger partial charge is 0.481 e. The molecule has 3 nitrogen and oxygen atoms in total. The number of hydrogen-bond donors (Lipinski definition) is 0. The van der Waals surface area contributed by atoms with Crippen molar-refractivity contribution in [3.8, 4) is 5.88 Å². The van der Waals surface area contributed by atoms with Gasteiger partial charge < -0.3 is 4.74 Å². The van der Waals surface area contributed by atoms with E-state index in [1.54, 1.807) is 22.6 Å². The molecule has 0 saturated heterocycles. The molecule has 0 amide bonds.